The van der Waals surface area contributed by atoms with Gasteiger partial charge >= 0.3 is 5.97 Å². The van der Waals surface area contributed by atoms with Gasteiger partial charge in [0.25, 0.3) is 0 Å². The van der Waals surface area contributed by atoms with Gasteiger partial charge in [0, 0.05) is 6.54 Å². The molecule has 84 valence electrons. The van der Waals surface area contributed by atoms with Gasteiger partial charge in [-0.05, 0) is 30.3 Å². The summed E-state index contributed by atoms with van der Waals surface area (Å²) in [6.07, 6.45) is 1.68. The van der Waals surface area contributed by atoms with E-state index in [-0.39, 0.29) is 11.8 Å². The van der Waals surface area contributed by atoms with Gasteiger partial charge < -0.3 is 10.4 Å². The van der Waals surface area contributed by atoms with E-state index >= 15 is 0 Å². The number of carbonyl (C=O) groups excluding carboxylic acids is 1. The van der Waals surface area contributed by atoms with E-state index in [1.807, 2.05) is 11.8 Å². The molecule has 3 unspecified atom stereocenters. The van der Waals surface area contributed by atoms with Crippen LogP contribution in [0.2, 0.25) is 0 Å². The average Bonchev–Trinajstić information content (AvgIpc) is 2.85. The minimum atomic E-state index is -0.841. The highest BCUT2D eigenvalue weighted by atomic mass is 32.2. The predicted octanol–water partition coefficient (Wildman–Crippen LogP) is 0.576. The molecule has 4 nitrogen and oxygen atoms in total. The van der Waals surface area contributed by atoms with Crippen molar-refractivity contribution >= 4 is 23.6 Å². The van der Waals surface area contributed by atoms with Crippen molar-refractivity contribution in [2.45, 2.75) is 12.8 Å². The molecule has 1 saturated carbocycles. The minimum Gasteiger partial charge on any atom is -0.481 e. The highest BCUT2D eigenvalue weighted by Crippen LogP contribution is 2.38. The molecule has 1 heterocycles. The third-order valence-corrected chi connectivity index (χ3v) is 4.26. The molecule has 3 atom stereocenters. The largest absolute Gasteiger partial charge is 0.481 e. The van der Waals surface area contributed by atoms with Gasteiger partial charge in [-0.2, -0.15) is 11.8 Å². The molecule has 1 aliphatic heterocycles. The molecule has 0 bridgehead atoms. The number of hydrogen-bond donors (Lipinski definition) is 2. The molecular weight excluding hydrogens is 214 g/mol. The number of thioether (sulfide) groups is 1. The van der Waals surface area contributed by atoms with E-state index in [9.17, 15) is 9.59 Å². The first-order valence-electron chi connectivity index (χ1n) is 5.26. The number of carboxylic acid groups (broad SMARTS) is 1. The van der Waals surface area contributed by atoms with Crippen molar-refractivity contribution in [3.8, 4) is 0 Å². The Kier molecular flexibility index (Phi) is 3.19. The third-order valence-electron chi connectivity index (χ3n) is 3.03. The zero-order chi connectivity index (χ0) is 10.8. The van der Waals surface area contributed by atoms with Crippen LogP contribution in [0.15, 0.2) is 0 Å². The molecule has 1 amide bonds. The number of aliphatic carboxylic acids is 1. The van der Waals surface area contributed by atoms with Crippen LogP contribution < -0.4 is 5.32 Å². The Labute approximate surface area is 92.8 Å². The standard InChI is InChI=1S/C10H15NO3S/c12-9(7-3-8(7)10(13)14)11-4-6-1-2-15-5-6/h6-8H,1-5H2,(H,11,12)(H,13,14). The summed E-state index contributed by atoms with van der Waals surface area (Å²) in [4.78, 5) is 22.0. The molecule has 0 aromatic carbocycles. The molecule has 0 spiro atoms. The Morgan fingerprint density at radius 2 is 2.20 bits per heavy atom. The number of carbonyl (C=O) groups is 2. The van der Waals surface area contributed by atoms with Gasteiger partial charge in [-0.15, -0.1) is 0 Å². The fraction of sp³-hybridized carbons (Fsp3) is 0.800. The van der Waals surface area contributed by atoms with E-state index in [4.69, 9.17) is 5.11 Å². The molecule has 1 aliphatic carbocycles. The Morgan fingerprint density at radius 3 is 2.73 bits per heavy atom. The molecule has 2 N–H and O–H groups in total. The first-order valence-corrected chi connectivity index (χ1v) is 6.42. The fourth-order valence-electron chi connectivity index (χ4n) is 1.88. The average molecular weight is 229 g/mol. The number of carboxylic acids is 1. The smallest absolute Gasteiger partial charge is 0.307 e. The third kappa shape index (κ3) is 2.65. The summed E-state index contributed by atoms with van der Waals surface area (Å²) in [6, 6.07) is 0. The van der Waals surface area contributed by atoms with Gasteiger partial charge in [0.05, 0.1) is 11.8 Å². The molecule has 2 rings (SSSR count). The monoisotopic (exact) mass is 229 g/mol. The first kappa shape index (κ1) is 10.8. The van der Waals surface area contributed by atoms with Gasteiger partial charge in [0.2, 0.25) is 5.91 Å². The second kappa shape index (κ2) is 4.43. The lowest BCUT2D eigenvalue weighted by molar-refractivity contribution is -0.140. The number of rotatable bonds is 4. The molecule has 5 heteroatoms. The van der Waals surface area contributed by atoms with Crippen LogP contribution >= 0.6 is 11.8 Å². The molecule has 1 saturated heterocycles. The number of hydrogen-bond acceptors (Lipinski definition) is 3. The Balaban J connectivity index is 1.67. The van der Waals surface area contributed by atoms with Crippen LogP contribution in [0.4, 0.5) is 0 Å². The van der Waals surface area contributed by atoms with Crippen LogP contribution in [0, 0.1) is 17.8 Å². The van der Waals surface area contributed by atoms with Gasteiger partial charge in [0.15, 0.2) is 0 Å². The van der Waals surface area contributed by atoms with Crippen LogP contribution in [-0.2, 0) is 9.59 Å². The Bertz CT molecular complexity index is 276. The molecule has 0 radical (unpaired) electrons. The van der Waals surface area contributed by atoms with E-state index < -0.39 is 11.9 Å². The van der Waals surface area contributed by atoms with Gasteiger partial charge in [-0.3, -0.25) is 9.59 Å². The summed E-state index contributed by atoms with van der Waals surface area (Å²) in [7, 11) is 0. The van der Waals surface area contributed by atoms with Crippen molar-refractivity contribution in [3.05, 3.63) is 0 Å². The summed E-state index contributed by atoms with van der Waals surface area (Å²) in [5, 5.41) is 11.5. The zero-order valence-corrected chi connectivity index (χ0v) is 9.26. The molecule has 2 fully saturated rings. The molecular formula is C10H15NO3S. The van der Waals surface area contributed by atoms with E-state index in [1.165, 1.54) is 5.75 Å². The SMILES string of the molecule is O=C(O)C1CC1C(=O)NCC1CCSC1. The minimum absolute atomic E-state index is 0.0701. The Morgan fingerprint density at radius 1 is 1.40 bits per heavy atom. The summed E-state index contributed by atoms with van der Waals surface area (Å²) in [5.74, 6) is 1.28. The van der Waals surface area contributed by atoms with Crippen LogP contribution in [-0.4, -0.2) is 35.0 Å². The summed E-state index contributed by atoms with van der Waals surface area (Å²) >= 11 is 1.92. The van der Waals surface area contributed by atoms with Crippen molar-refractivity contribution in [1.82, 2.24) is 5.32 Å². The van der Waals surface area contributed by atoms with E-state index in [0.717, 1.165) is 12.2 Å². The summed E-state index contributed by atoms with van der Waals surface area (Å²) in [6.45, 7) is 0.717. The maximum absolute atomic E-state index is 11.5. The first-order chi connectivity index (χ1) is 7.18. The van der Waals surface area contributed by atoms with Crippen LogP contribution in [0.25, 0.3) is 0 Å². The van der Waals surface area contributed by atoms with Crippen molar-refractivity contribution in [3.63, 3.8) is 0 Å². The highest BCUT2D eigenvalue weighted by molar-refractivity contribution is 7.99. The lowest BCUT2D eigenvalue weighted by atomic mass is 10.1. The molecule has 15 heavy (non-hydrogen) atoms. The van der Waals surface area contributed by atoms with Crippen molar-refractivity contribution < 1.29 is 14.7 Å². The normalized spacial score (nSPS) is 33.7. The maximum atomic E-state index is 11.5. The summed E-state index contributed by atoms with van der Waals surface area (Å²) in [5.41, 5.74) is 0. The van der Waals surface area contributed by atoms with Gasteiger partial charge in [-0.25, -0.2) is 0 Å². The van der Waals surface area contributed by atoms with Crippen LogP contribution in [0.5, 0.6) is 0 Å². The quantitative estimate of drug-likeness (QED) is 0.740. The second-order valence-corrected chi connectivity index (χ2v) is 5.41. The lowest BCUT2D eigenvalue weighted by Crippen LogP contribution is -2.31. The highest BCUT2D eigenvalue weighted by Gasteiger charge is 2.48. The van der Waals surface area contributed by atoms with Gasteiger partial charge in [0.1, 0.15) is 0 Å². The van der Waals surface area contributed by atoms with Crippen LogP contribution in [0.1, 0.15) is 12.8 Å². The Hall–Kier alpha value is -0.710. The molecule has 0 aromatic heterocycles. The van der Waals surface area contributed by atoms with E-state index in [1.54, 1.807) is 0 Å². The topological polar surface area (TPSA) is 66.4 Å². The van der Waals surface area contributed by atoms with Crippen LogP contribution in [0.3, 0.4) is 0 Å². The predicted molar refractivity (Wildman–Crippen MR) is 57.7 cm³/mol. The maximum Gasteiger partial charge on any atom is 0.307 e. The molecule has 2 aliphatic rings. The summed E-state index contributed by atoms with van der Waals surface area (Å²) < 4.78 is 0. The number of amides is 1. The van der Waals surface area contributed by atoms with Crippen molar-refractivity contribution in [2.75, 3.05) is 18.1 Å². The van der Waals surface area contributed by atoms with E-state index in [0.29, 0.717) is 18.9 Å². The van der Waals surface area contributed by atoms with Gasteiger partial charge in [-0.1, -0.05) is 0 Å². The second-order valence-electron chi connectivity index (χ2n) is 4.26. The van der Waals surface area contributed by atoms with Crippen molar-refractivity contribution in [1.29, 1.82) is 0 Å². The molecule has 0 aromatic rings. The number of nitrogens with one attached hydrogen (secondary N) is 1. The van der Waals surface area contributed by atoms with E-state index in [2.05, 4.69) is 5.32 Å². The zero-order valence-electron chi connectivity index (χ0n) is 8.44. The fourth-order valence-corrected chi connectivity index (χ4v) is 3.16. The lowest BCUT2D eigenvalue weighted by Gasteiger charge is -2.09. The van der Waals surface area contributed by atoms with Crippen molar-refractivity contribution in [2.24, 2.45) is 17.8 Å².